The monoisotopic (exact) mass is 284 g/mol. The quantitative estimate of drug-likeness (QED) is 0.799. The SMILES string of the molecule is O=C(O)c1ccc(-c2nc(-c3ccccc3F)no2)cc1. The highest BCUT2D eigenvalue weighted by molar-refractivity contribution is 5.88. The van der Waals surface area contributed by atoms with Crippen molar-refractivity contribution in [1.82, 2.24) is 10.1 Å². The van der Waals surface area contributed by atoms with Gasteiger partial charge in [0.15, 0.2) is 0 Å². The normalized spacial score (nSPS) is 10.5. The van der Waals surface area contributed by atoms with Gasteiger partial charge in [-0.1, -0.05) is 17.3 Å². The van der Waals surface area contributed by atoms with Crippen LogP contribution in [-0.2, 0) is 0 Å². The Morgan fingerprint density at radius 3 is 2.48 bits per heavy atom. The fourth-order valence-corrected chi connectivity index (χ4v) is 1.85. The lowest BCUT2D eigenvalue weighted by Gasteiger charge is -1.96. The topological polar surface area (TPSA) is 76.2 Å². The van der Waals surface area contributed by atoms with Gasteiger partial charge in [-0.05, 0) is 36.4 Å². The van der Waals surface area contributed by atoms with E-state index in [1.807, 2.05) is 0 Å². The van der Waals surface area contributed by atoms with Gasteiger partial charge in [0.25, 0.3) is 5.89 Å². The van der Waals surface area contributed by atoms with E-state index >= 15 is 0 Å². The van der Waals surface area contributed by atoms with Gasteiger partial charge >= 0.3 is 5.97 Å². The number of hydrogen-bond acceptors (Lipinski definition) is 4. The van der Waals surface area contributed by atoms with E-state index in [1.165, 1.54) is 18.2 Å². The Hall–Kier alpha value is -3.02. The summed E-state index contributed by atoms with van der Waals surface area (Å²) in [4.78, 5) is 14.9. The summed E-state index contributed by atoms with van der Waals surface area (Å²) in [6.07, 6.45) is 0. The summed E-state index contributed by atoms with van der Waals surface area (Å²) in [5.74, 6) is -1.11. The van der Waals surface area contributed by atoms with Crippen LogP contribution in [0.25, 0.3) is 22.8 Å². The van der Waals surface area contributed by atoms with E-state index in [2.05, 4.69) is 10.1 Å². The van der Waals surface area contributed by atoms with Crippen LogP contribution in [0.2, 0.25) is 0 Å². The second-order valence-electron chi connectivity index (χ2n) is 4.29. The number of rotatable bonds is 3. The molecule has 0 unspecified atom stereocenters. The molecule has 1 aromatic heterocycles. The maximum absolute atomic E-state index is 13.6. The average Bonchev–Trinajstić information content (AvgIpc) is 2.97. The van der Waals surface area contributed by atoms with Crippen LogP contribution in [0.1, 0.15) is 10.4 Å². The molecule has 0 aliphatic rings. The molecule has 0 radical (unpaired) electrons. The number of carboxylic acids is 1. The number of carboxylic acid groups (broad SMARTS) is 1. The van der Waals surface area contributed by atoms with Gasteiger partial charge in [0, 0.05) is 5.56 Å². The minimum atomic E-state index is -1.01. The summed E-state index contributed by atoms with van der Waals surface area (Å²) in [5.41, 5.74) is 0.970. The van der Waals surface area contributed by atoms with Crippen LogP contribution in [0.5, 0.6) is 0 Å². The molecular weight excluding hydrogens is 275 g/mol. The third-order valence-electron chi connectivity index (χ3n) is 2.92. The lowest BCUT2D eigenvalue weighted by molar-refractivity contribution is 0.0697. The van der Waals surface area contributed by atoms with Gasteiger partial charge in [0.1, 0.15) is 5.82 Å². The third-order valence-corrected chi connectivity index (χ3v) is 2.92. The number of halogens is 1. The van der Waals surface area contributed by atoms with Crippen molar-refractivity contribution in [2.45, 2.75) is 0 Å². The molecule has 0 bridgehead atoms. The van der Waals surface area contributed by atoms with E-state index in [0.717, 1.165) is 0 Å². The first-order chi connectivity index (χ1) is 10.1. The summed E-state index contributed by atoms with van der Waals surface area (Å²) in [7, 11) is 0. The Bertz CT molecular complexity index is 797. The highest BCUT2D eigenvalue weighted by Crippen LogP contribution is 2.24. The fraction of sp³-hybridized carbons (Fsp3) is 0. The lowest BCUT2D eigenvalue weighted by atomic mass is 10.1. The first kappa shape index (κ1) is 13.0. The Labute approximate surface area is 118 Å². The Kier molecular flexibility index (Phi) is 3.19. The largest absolute Gasteiger partial charge is 0.478 e. The average molecular weight is 284 g/mol. The van der Waals surface area contributed by atoms with Gasteiger partial charge in [-0.3, -0.25) is 0 Å². The smallest absolute Gasteiger partial charge is 0.335 e. The molecule has 21 heavy (non-hydrogen) atoms. The van der Waals surface area contributed by atoms with Crippen molar-refractivity contribution < 1.29 is 18.8 Å². The molecule has 3 rings (SSSR count). The molecule has 0 aliphatic heterocycles. The van der Waals surface area contributed by atoms with Crippen molar-refractivity contribution in [2.24, 2.45) is 0 Å². The van der Waals surface area contributed by atoms with Crippen molar-refractivity contribution in [2.75, 3.05) is 0 Å². The molecule has 6 heteroatoms. The Morgan fingerprint density at radius 2 is 1.81 bits per heavy atom. The predicted molar refractivity (Wildman–Crippen MR) is 72.1 cm³/mol. The zero-order valence-corrected chi connectivity index (χ0v) is 10.7. The van der Waals surface area contributed by atoms with Gasteiger partial charge in [-0.2, -0.15) is 4.98 Å². The molecule has 0 aliphatic carbocycles. The zero-order valence-electron chi connectivity index (χ0n) is 10.7. The number of aromatic nitrogens is 2. The standard InChI is InChI=1S/C15H9FN2O3/c16-12-4-2-1-3-11(12)13-17-14(21-18-13)9-5-7-10(8-6-9)15(19)20/h1-8H,(H,19,20). The fourth-order valence-electron chi connectivity index (χ4n) is 1.85. The predicted octanol–water partition coefficient (Wildman–Crippen LogP) is 3.24. The first-order valence-corrected chi connectivity index (χ1v) is 6.07. The summed E-state index contributed by atoms with van der Waals surface area (Å²) in [6, 6.07) is 12.1. The molecule has 0 spiro atoms. The van der Waals surface area contributed by atoms with E-state index in [1.54, 1.807) is 30.3 Å². The molecule has 0 saturated heterocycles. The number of benzene rings is 2. The van der Waals surface area contributed by atoms with Crippen molar-refractivity contribution in [3.8, 4) is 22.8 Å². The van der Waals surface area contributed by atoms with E-state index < -0.39 is 11.8 Å². The van der Waals surface area contributed by atoms with E-state index in [0.29, 0.717) is 5.56 Å². The van der Waals surface area contributed by atoms with Gasteiger partial charge in [0.2, 0.25) is 5.82 Å². The summed E-state index contributed by atoms with van der Waals surface area (Å²) in [6.45, 7) is 0. The van der Waals surface area contributed by atoms with Crippen LogP contribution in [0.4, 0.5) is 4.39 Å². The Morgan fingerprint density at radius 1 is 1.10 bits per heavy atom. The number of nitrogens with zero attached hydrogens (tertiary/aromatic N) is 2. The first-order valence-electron chi connectivity index (χ1n) is 6.07. The molecule has 104 valence electrons. The van der Waals surface area contributed by atoms with Crippen molar-refractivity contribution in [3.05, 3.63) is 59.9 Å². The molecule has 3 aromatic rings. The molecule has 1 heterocycles. The summed E-state index contributed by atoms with van der Waals surface area (Å²) < 4.78 is 18.7. The maximum atomic E-state index is 13.6. The highest BCUT2D eigenvalue weighted by atomic mass is 19.1. The second kappa shape index (κ2) is 5.16. The van der Waals surface area contributed by atoms with Crippen molar-refractivity contribution in [3.63, 3.8) is 0 Å². The van der Waals surface area contributed by atoms with Gasteiger partial charge in [-0.25, -0.2) is 9.18 Å². The highest BCUT2D eigenvalue weighted by Gasteiger charge is 2.14. The molecule has 1 N–H and O–H groups in total. The zero-order chi connectivity index (χ0) is 14.8. The van der Waals surface area contributed by atoms with Crippen LogP contribution in [0.3, 0.4) is 0 Å². The maximum Gasteiger partial charge on any atom is 0.335 e. The Balaban J connectivity index is 1.95. The molecular formula is C15H9FN2O3. The molecule has 0 saturated carbocycles. The van der Waals surface area contributed by atoms with Crippen LogP contribution >= 0.6 is 0 Å². The van der Waals surface area contributed by atoms with Gasteiger partial charge < -0.3 is 9.63 Å². The van der Waals surface area contributed by atoms with Gasteiger partial charge in [-0.15, -0.1) is 0 Å². The van der Waals surface area contributed by atoms with E-state index in [9.17, 15) is 9.18 Å². The number of hydrogen-bond donors (Lipinski definition) is 1. The molecule has 0 fully saturated rings. The minimum Gasteiger partial charge on any atom is -0.478 e. The minimum absolute atomic E-state index is 0.144. The number of aromatic carboxylic acids is 1. The lowest BCUT2D eigenvalue weighted by Crippen LogP contribution is -1.94. The van der Waals surface area contributed by atoms with E-state index in [4.69, 9.17) is 9.63 Å². The van der Waals surface area contributed by atoms with Crippen molar-refractivity contribution in [1.29, 1.82) is 0 Å². The van der Waals surface area contributed by atoms with E-state index in [-0.39, 0.29) is 22.8 Å². The van der Waals surface area contributed by atoms with Crippen LogP contribution < -0.4 is 0 Å². The number of carbonyl (C=O) groups is 1. The second-order valence-corrected chi connectivity index (χ2v) is 4.29. The van der Waals surface area contributed by atoms with Gasteiger partial charge in [0.05, 0.1) is 11.1 Å². The van der Waals surface area contributed by atoms with Crippen LogP contribution in [0.15, 0.2) is 53.1 Å². The van der Waals surface area contributed by atoms with Crippen LogP contribution in [-0.4, -0.2) is 21.2 Å². The van der Waals surface area contributed by atoms with Crippen molar-refractivity contribution >= 4 is 5.97 Å². The summed E-state index contributed by atoms with van der Waals surface area (Å²) in [5, 5.41) is 12.6. The molecule has 5 nitrogen and oxygen atoms in total. The van der Waals surface area contributed by atoms with Crippen LogP contribution in [0, 0.1) is 5.82 Å². The molecule has 2 aromatic carbocycles. The molecule has 0 atom stereocenters. The molecule has 0 amide bonds. The summed E-state index contributed by atoms with van der Waals surface area (Å²) >= 11 is 0. The third kappa shape index (κ3) is 2.51.